The van der Waals surface area contributed by atoms with Gasteiger partial charge in [0.25, 0.3) is 0 Å². The van der Waals surface area contributed by atoms with Crippen molar-refractivity contribution >= 4 is 41.4 Å². The first kappa shape index (κ1) is 53.1. The van der Waals surface area contributed by atoms with Gasteiger partial charge in [0.05, 0.1) is 6.42 Å². The van der Waals surface area contributed by atoms with E-state index in [1.54, 1.807) is 0 Å². The van der Waals surface area contributed by atoms with Crippen molar-refractivity contribution in [3.8, 4) is 57.1 Å². The van der Waals surface area contributed by atoms with Crippen LogP contribution in [0, 0.1) is 23.2 Å². The Bertz CT molecular complexity index is 3340. The summed E-state index contributed by atoms with van der Waals surface area (Å²) in [6, 6.07) is 7.59. The minimum Gasteiger partial charge on any atom is -0.508 e. The minimum absolute atomic E-state index is 0.0000978. The van der Waals surface area contributed by atoms with Gasteiger partial charge in [0.1, 0.15) is 77.2 Å². The van der Waals surface area contributed by atoms with E-state index in [1.165, 1.54) is 60.7 Å². The molecule has 23 heteroatoms. The third kappa shape index (κ3) is 10.2. The Morgan fingerprint density at radius 1 is 0.600 bits per heavy atom. The zero-order valence-electron chi connectivity index (χ0n) is 42.7. The Morgan fingerprint density at radius 2 is 1.15 bits per heavy atom. The van der Waals surface area contributed by atoms with Gasteiger partial charge in [-0.2, -0.15) is 0 Å². The van der Waals surface area contributed by atoms with Crippen molar-refractivity contribution < 1.29 is 73.7 Å². The van der Waals surface area contributed by atoms with E-state index in [4.69, 9.17) is 20.9 Å². The number of hydrogen-bond acceptors (Lipinski definition) is 16. The Labute approximate surface area is 456 Å². The number of amides is 7. The van der Waals surface area contributed by atoms with Crippen LogP contribution in [-0.2, 0) is 33.6 Å². The van der Waals surface area contributed by atoms with Crippen molar-refractivity contribution in [2.45, 2.75) is 93.4 Å². The standard InChI is InChI=1S/C57H58N8O15/c58-41(69)19-36-51(73)62-45-30-15-39(79-32-6-1-27(2-7-32)48(70)43(59)52(74)61-36)50(72)40(16-30)80-33-8-3-28(4-9-33)49(71)47-56(78)64-46(53(75)60-23-57-20-24-11-25(21-57)13-26(12-24)22-57)35-17-31(66)18-38(68)42(35)34-14-29(5-10-37(34)67)44(54(76)65-47)63-55(45)77/h1-10,14-18,24-26,36,43-49,66-68,70-72H,11-13,19-23,59H2,(H2,58,69)(H,60,75)(H,61,74)(H,62,73)(H,63,77)(H,64,78)(H,65,76)/t24?,25?,26?,36-,43+,44+,45+,46-,47-,48+,49+,57?/m0/s1. The number of fused-ring (bicyclic) bond motifs is 15. The fraction of sp³-hybridized carbons (Fsp3) is 0.351. The maximum Gasteiger partial charge on any atom is 0.248 e. The van der Waals surface area contributed by atoms with Crippen molar-refractivity contribution in [2.24, 2.45) is 34.6 Å². The molecule has 14 rings (SSSR count). The molecule has 5 aromatic carbocycles. The number of aromatic hydroxyl groups is 4. The van der Waals surface area contributed by atoms with E-state index in [9.17, 15) is 49.8 Å². The molecule has 5 aliphatic heterocycles. The maximum absolute atomic E-state index is 15.3. The van der Waals surface area contributed by atoms with Crippen LogP contribution in [-0.4, -0.2) is 96.7 Å². The number of carbonyl (C=O) groups is 7. The van der Waals surface area contributed by atoms with Gasteiger partial charge in [-0.1, -0.05) is 30.3 Å². The highest BCUT2D eigenvalue weighted by Crippen LogP contribution is 2.60. The first-order valence-electron chi connectivity index (χ1n) is 26.2. The quantitative estimate of drug-likeness (QED) is 0.120. The number of benzene rings is 5. The Kier molecular flexibility index (Phi) is 13.7. The first-order valence-corrected chi connectivity index (χ1v) is 26.2. The van der Waals surface area contributed by atoms with Crippen molar-refractivity contribution in [2.75, 3.05) is 6.54 Å². The van der Waals surface area contributed by atoms with E-state index in [-0.39, 0.29) is 73.9 Å². The van der Waals surface area contributed by atoms with Gasteiger partial charge in [-0.15, -0.1) is 0 Å². The molecule has 4 saturated carbocycles. The molecule has 5 heterocycles. The molecule has 16 N–H and O–H groups in total. The number of aliphatic hydroxyl groups excluding tert-OH is 2. The van der Waals surface area contributed by atoms with Crippen LogP contribution in [0.15, 0.2) is 91.0 Å². The largest absolute Gasteiger partial charge is 0.508 e. The smallest absolute Gasteiger partial charge is 0.248 e. The molecule has 15 bridgehead atoms. The summed E-state index contributed by atoms with van der Waals surface area (Å²) in [5.74, 6) is -9.21. The average molecular weight is 1100 g/mol. The predicted molar refractivity (Wildman–Crippen MR) is 280 cm³/mol. The summed E-state index contributed by atoms with van der Waals surface area (Å²) in [4.78, 5) is 101. The summed E-state index contributed by atoms with van der Waals surface area (Å²) in [7, 11) is 0. The Morgan fingerprint density at radius 3 is 1.75 bits per heavy atom. The van der Waals surface area contributed by atoms with Crippen molar-refractivity contribution in [3.05, 3.63) is 119 Å². The Hall–Kier alpha value is -8.93. The second-order valence-electron chi connectivity index (χ2n) is 22.0. The monoisotopic (exact) mass is 1090 g/mol. The summed E-state index contributed by atoms with van der Waals surface area (Å²) in [5, 5.41) is 85.3. The lowest BCUT2D eigenvalue weighted by Crippen LogP contribution is -2.57. The molecule has 4 aliphatic carbocycles. The number of primary amides is 1. The van der Waals surface area contributed by atoms with Gasteiger partial charge < -0.3 is 83.5 Å². The molecule has 4 fully saturated rings. The van der Waals surface area contributed by atoms with Gasteiger partial charge in [0.15, 0.2) is 11.5 Å². The number of hydrogen-bond donors (Lipinski definition) is 14. The second-order valence-corrected chi connectivity index (χ2v) is 22.0. The first-order chi connectivity index (χ1) is 38.2. The van der Waals surface area contributed by atoms with Crippen molar-refractivity contribution in [1.82, 2.24) is 31.9 Å². The summed E-state index contributed by atoms with van der Waals surface area (Å²) in [6.07, 6.45) is 1.69. The number of aliphatic hydroxyl groups is 2. The molecule has 5 aromatic rings. The van der Waals surface area contributed by atoms with Crippen LogP contribution in [0.5, 0.6) is 46.0 Å². The van der Waals surface area contributed by atoms with Crippen LogP contribution >= 0.6 is 0 Å². The predicted octanol–water partition coefficient (Wildman–Crippen LogP) is 2.55. The van der Waals surface area contributed by atoms with Gasteiger partial charge in [0.2, 0.25) is 47.1 Å². The number of phenolic OH excluding ortho intramolecular Hbond substituents is 4. The number of rotatable bonds is 5. The fourth-order valence-corrected chi connectivity index (χ4v) is 12.9. The van der Waals surface area contributed by atoms with E-state index < -0.39 is 119 Å². The van der Waals surface area contributed by atoms with Crippen LogP contribution in [0.2, 0.25) is 0 Å². The summed E-state index contributed by atoms with van der Waals surface area (Å²) >= 11 is 0. The second kappa shape index (κ2) is 20.7. The van der Waals surface area contributed by atoms with E-state index in [0.717, 1.165) is 68.9 Å². The van der Waals surface area contributed by atoms with Gasteiger partial charge in [-0.25, -0.2) is 0 Å². The number of phenols is 4. The van der Waals surface area contributed by atoms with Gasteiger partial charge >= 0.3 is 0 Å². The zero-order valence-corrected chi connectivity index (χ0v) is 42.7. The molecule has 80 heavy (non-hydrogen) atoms. The highest BCUT2D eigenvalue weighted by Gasteiger charge is 2.51. The number of ether oxygens (including phenoxy) is 2. The van der Waals surface area contributed by atoms with Crippen LogP contribution in [0.1, 0.15) is 103 Å². The highest BCUT2D eigenvalue weighted by molar-refractivity contribution is 6.00. The van der Waals surface area contributed by atoms with Crippen molar-refractivity contribution in [1.29, 1.82) is 0 Å². The zero-order chi connectivity index (χ0) is 56.5. The van der Waals surface area contributed by atoms with Crippen LogP contribution in [0.4, 0.5) is 0 Å². The molecule has 0 radical (unpaired) electrons. The third-order valence-electron chi connectivity index (χ3n) is 16.4. The highest BCUT2D eigenvalue weighted by atomic mass is 16.5. The van der Waals surface area contributed by atoms with Crippen LogP contribution in [0.25, 0.3) is 11.1 Å². The third-order valence-corrected chi connectivity index (χ3v) is 16.4. The molecule has 0 unspecified atom stereocenters. The minimum atomic E-state index is -2.01. The molecule has 23 nitrogen and oxygen atoms in total. The lowest BCUT2D eigenvalue weighted by molar-refractivity contribution is -0.137. The SMILES string of the molecule is NC(=O)C[C@@H]1NC(=O)[C@H](N)[C@H](O)c2ccc(cc2)Oc2cc3cc(c2O)Oc2ccc(cc2)[C@@H](O)[C@@H]2NC(=O)[C@H](NC(=O)[C@@H]3NC1=O)c1ccc(O)c(c1)-c1c(O)cc(O)cc1[C@@H](C(=O)NCC13CC4CC(CC(C4)C1)C3)NC2=O. The summed E-state index contributed by atoms with van der Waals surface area (Å²) in [6.45, 7) is 0.255. The van der Waals surface area contributed by atoms with Crippen molar-refractivity contribution in [3.63, 3.8) is 0 Å². The van der Waals surface area contributed by atoms with Gasteiger partial charge in [0, 0.05) is 23.7 Å². The molecule has 9 aliphatic rings. The maximum atomic E-state index is 15.3. The van der Waals surface area contributed by atoms with E-state index in [2.05, 4.69) is 31.9 Å². The molecular weight excluding hydrogens is 1040 g/mol. The van der Waals surface area contributed by atoms with Crippen LogP contribution in [0.3, 0.4) is 0 Å². The topological polar surface area (TPSA) is 384 Å². The number of carbonyl (C=O) groups excluding carboxylic acids is 7. The summed E-state index contributed by atoms with van der Waals surface area (Å²) in [5.41, 5.74) is 10.6. The number of nitrogens with two attached hydrogens (primary N) is 2. The average Bonchev–Trinajstić information content (AvgIpc) is 3.57. The lowest BCUT2D eigenvalue weighted by Gasteiger charge is -2.57. The molecular formula is C57H58N8O15. The van der Waals surface area contributed by atoms with Gasteiger partial charge in [-0.05, 0) is 144 Å². The van der Waals surface area contributed by atoms with Crippen LogP contribution < -0.4 is 52.8 Å². The molecule has 0 aromatic heterocycles. The lowest BCUT2D eigenvalue weighted by atomic mass is 9.49. The fourth-order valence-electron chi connectivity index (χ4n) is 12.9. The number of nitrogens with one attached hydrogen (secondary N) is 6. The molecule has 8 atom stereocenters. The molecule has 416 valence electrons. The normalized spacial score (nSPS) is 28.8. The van der Waals surface area contributed by atoms with E-state index in [1.807, 2.05) is 0 Å². The van der Waals surface area contributed by atoms with E-state index >= 15 is 14.4 Å². The Balaban J connectivity index is 1.06. The van der Waals surface area contributed by atoms with E-state index in [0.29, 0.717) is 17.8 Å². The molecule has 7 amide bonds. The van der Waals surface area contributed by atoms with Gasteiger partial charge in [-0.3, -0.25) is 33.6 Å². The molecule has 0 spiro atoms. The summed E-state index contributed by atoms with van der Waals surface area (Å²) < 4.78 is 12.3. The molecule has 0 saturated heterocycles.